The van der Waals surface area contributed by atoms with Gasteiger partial charge in [0.15, 0.2) is 0 Å². The van der Waals surface area contributed by atoms with Crippen molar-refractivity contribution in [1.82, 2.24) is 25.3 Å². The molecular weight excluding hydrogens is 398 g/mol. The Balaban J connectivity index is 1.22. The first-order valence-corrected chi connectivity index (χ1v) is 11.1. The number of amides is 1. The molecule has 9 nitrogen and oxygen atoms in total. The SMILES string of the molecule is O=C(COCc1nc(-c2cccnc2)no1)NCC1(CN2CCCCC2)CCOCC1. The zero-order valence-electron chi connectivity index (χ0n) is 17.9. The van der Waals surface area contributed by atoms with Crippen molar-refractivity contribution >= 4 is 5.91 Å². The molecule has 4 rings (SSSR count). The molecule has 2 saturated heterocycles. The Bertz CT molecular complexity index is 816. The van der Waals surface area contributed by atoms with Gasteiger partial charge in [0.05, 0.1) is 0 Å². The van der Waals surface area contributed by atoms with Crippen LogP contribution in [0.5, 0.6) is 0 Å². The Hall–Kier alpha value is -2.36. The molecule has 9 heteroatoms. The Morgan fingerprint density at radius 3 is 2.84 bits per heavy atom. The van der Waals surface area contributed by atoms with E-state index < -0.39 is 0 Å². The van der Waals surface area contributed by atoms with Crippen molar-refractivity contribution in [2.45, 2.75) is 38.7 Å². The van der Waals surface area contributed by atoms with Gasteiger partial charge in [-0.15, -0.1) is 0 Å². The molecule has 2 aromatic heterocycles. The van der Waals surface area contributed by atoms with E-state index in [4.69, 9.17) is 14.0 Å². The van der Waals surface area contributed by atoms with Crippen LogP contribution in [-0.4, -0.2) is 71.9 Å². The summed E-state index contributed by atoms with van der Waals surface area (Å²) in [6, 6.07) is 3.66. The molecule has 2 aliphatic heterocycles. The molecule has 0 aromatic carbocycles. The lowest BCUT2D eigenvalue weighted by Crippen LogP contribution is -2.50. The number of likely N-dealkylation sites (tertiary alicyclic amines) is 1. The van der Waals surface area contributed by atoms with Gasteiger partial charge < -0.3 is 24.2 Å². The van der Waals surface area contributed by atoms with E-state index in [2.05, 4.69) is 25.3 Å². The Morgan fingerprint density at radius 2 is 2.06 bits per heavy atom. The quantitative estimate of drug-likeness (QED) is 0.646. The van der Waals surface area contributed by atoms with Crippen molar-refractivity contribution in [2.75, 3.05) is 46.0 Å². The number of piperidine rings is 1. The summed E-state index contributed by atoms with van der Waals surface area (Å²) in [5.74, 6) is 0.657. The topological polar surface area (TPSA) is 103 Å². The summed E-state index contributed by atoms with van der Waals surface area (Å²) in [5, 5.41) is 7.00. The minimum atomic E-state index is -0.128. The van der Waals surface area contributed by atoms with Gasteiger partial charge in [0, 0.05) is 49.7 Å². The van der Waals surface area contributed by atoms with Crippen LogP contribution in [0.15, 0.2) is 29.0 Å². The molecule has 0 saturated carbocycles. The Kier molecular flexibility index (Phi) is 7.61. The van der Waals surface area contributed by atoms with Crippen molar-refractivity contribution in [1.29, 1.82) is 0 Å². The predicted octanol–water partition coefficient (Wildman–Crippen LogP) is 2.05. The number of hydrogen-bond acceptors (Lipinski definition) is 8. The van der Waals surface area contributed by atoms with Crippen molar-refractivity contribution in [2.24, 2.45) is 5.41 Å². The molecule has 168 valence electrons. The average molecular weight is 430 g/mol. The van der Waals surface area contributed by atoms with Crippen LogP contribution >= 0.6 is 0 Å². The smallest absolute Gasteiger partial charge is 0.252 e. The minimum absolute atomic E-state index is 0.0408. The summed E-state index contributed by atoms with van der Waals surface area (Å²) in [6.07, 6.45) is 9.16. The van der Waals surface area contributed by atoms with Crippen LogP contribution in [0.2, 0.25) is 0 Å². The van der Waals surface area contributed by atoms with Gasteiger partial charge in [-0.1, -0.05) is 11.6 Å². The number of hydrogen-bond donors (Lipinski definition) is 1. The third-order valence-corrected chi connectivity index (χ3v) is 6.07. The number of nitrogens with zero attached hydrogens (tertiary/aromatic N) is 4. The molecule has 2 aliphatic rings. The summed E-state index contributed by atoms with van der Waals surface area (Å²) in [4.78, 5) is 23.2. The maximum atomic E-state index is 12.4. The molecule has 0 bridgehead atoms. The van der Waals surface area contributed by atoms with Crippen LogP contribution in [0.4, 0.5) is 0 Å². The van der Waals surface area contributed by atoms with Crippen molar-refractivity contribution in [3.63, 3.8) is 0 Å². The van der Waals surface area contributed by atoms with Gasteiger partial charge in [0.1, 0.15) is 13.2 Å². The molecular formula is C22H31N5O4. The second-order valence-electron chi connectivity index (χ2n) is 8.47. The second kappa shape index (κ2) is 10.8. The fourth-order valence-electron chi connectivity index (χ4n) is 4.28. The van der Waals surface area contributed by atoms with Crippen LogP contribution < -0.4 is 5.32 Å². The van der Waals surface area contributed by atoms with Gasteiger partial charge in [-0.25, -0.2) is 0 Å². The molecule has 0 aliphatic carbocycles. The van der Waals surface area contributed by atoms with Gasteiger partial charge >= 0.3 is 0 Å². The molecule has 0 unspecified atom stereocenters. The predicted molar refractivity (Wildman–Crippen MR) is 113 cm³/mol. The Labute approximate surface area is 182 Å². The standard InChI is InChI=1S/C22H31N5O4/c28-19(14-30-15-20-25-21(26-31-20)18-5-4-8-23-13-18)24-16-22(6-11-29-12-7-22)17-27-9-2-1-3-10-27/h4-5,8,13H,1-3,6-7,9-12,14-17H2,(H,24,28). The average Bonchev–Trinajstić information content (AvgIpc) is 3.29. The third kappa shape index (κ3) is 6.32. The van der Waals surface area contributed by atoms with Crippen LogP contribution in [0.25, 0.3) is 11.4 Å². The highest BCUT2D eigenvalue weighted by Crippen LogP contribution is 2.32. The number of nitrogens with one attached hydrogen (secondary N) is 1. The normalized spacial score (nSPS) is 19.2. The van der Waals surface area contributed by atoms with E-state index in [1.54, 1.807) is 12.4 Å². The molecule has 0 spiro atoms. The van der Waals surface area contributed by atoms with E-state index in [9.17, 15) is 4.79 Å². The highest BCUT2D eigenvalue weighted by atomic mass is 16.5. The molecule has 1 amide bonds. The number of ether oxygens (including phenoxy) is 2. The lowest BCUT2D eigenvalue weighted by molar-refractivity contribution is -0.127. The summed E-state index contributed by atoms with van der Waals surface area (Å²) < 4.78 is 16.3. The first-order valence-electron chi connectivity index (χ1n) is 11.1. The van der Waals surface area contributed by atoms with Gasteiger partial charge in [0.2, 0.25) is 11.7 Å². The van der Waals surface area contributed by atoms with E-state index >= 15 is 0 Å². The molecule has 0 atom stereocenters. The first kappa shape index (κ1) is 21.9. The van der Waals surface area contributed by atoms with E-state index in [-0.39, 0.29) is 24.5 Å². The molecule has 31 heavy (non-hydrogen) atoms. The van der Waals surface area contributed by atoms with Gasteiger partial charge in [0.25, 0.3) is 5.89 Å². The molecule has 0 radical (unpaired) electrons. The minimum Gasteiger partial charge on any atom is -0.381 e. The number of carbonyl (C=O) groups is 1. The lowest BCUT2D eigenvalue weighted by atomic mass is 9.79. The van der Waals surface area contributed by atoms with Crippen molar-refractivity contribution < 1.29 is 18.8 Å². The molecule has 2 fully saturated rings. The van der Waals surface area contributed by atoms with Gasteiger partial charge in [-0.2, -0.15) is 4.98 Å². The van der Waals surface area contributed by atoms with Crippen molar-refractivity contribution in [3.05, 3.63) is 30.4 Å². The maximum absolute atomic E-state index is 12.4. The number of rotatable bonds is 9. The molecule has 1 N–H and O–H groups in total. The number of aromatic nitrogens is 3. The molecule has 2 aromatic rings. The van der Waals surface area contributed by atoms with E-state index in [0.29, 0.717) is 18.3 Å². The van der Waals surface area contributed by atoms with E-state index in [1.165, 1.54) is 19.3 Å². The van der Waals surface area contributed by atoms with E-state index in [0.717, 1.165) is 51.3 Å². The fraction of sp³-hybridized carbons (Fsp3) is 0.636. The zero-order chi connectivity index (χ0) is 21.4. The maximum Gasteiger partial charge on any atom is 0.252 e. The van der Waals surface area contributed by atoms with Crippen LogP contribution in [-0.2, 0) is 20.9 Å². The van der Waals surface area contributed by atoms with Gasteiger partial charge in [-0.3, -0.25) is 9.78 Å². The van der Waals surface area contributed by atoms with Crippen LogP contribution in [0.1, 0.15) is 38.0 Å². The zero-order valence-corrected chi connectivity index (χ0v) is 17.9. The number of carbonyl (C=O) groups excluding carboxylic acids is 1. The molecule has 4 heterocycles. The first-order chi connectivity index (χ1) is 15.2. The van der Waals surface area contributed by atoms with E-state index in [1.807, 2.05) is 12.1 Å². The summed E-state index contributed by atoms with van der Waals surface area (Å²) in [6.45, 7) is 5.56. The fourth-order valence-corrected chi connectivity index (χ4v) is 4.28. The highest BCUT2D eigenvalue weighted by molar-refractivity contribution is 5.77. The van der Waals surface area contributed by atoms with Crippen LogP contribution in [0, 0.1) is 5.41 Å². The number of pyridine rings is 1. The second-order valence-corrected chi connectivity index (χ2v) is 8.47. The lowest BCUT2D eigenvalue weighted by Gasteiger charge is -2.42. The summed E-state index contributed by atoms with van der Waals surface area (Å²) in [7, 11) is 0. The largest absolute Gasteiger partial charge is 0.381 e. The van der Waals surface area contributed by atoms with Gasteiger partial charge in [-0.05, 0) is 50.9 Å². The Morgan fingerprint density at radius 1 is 1.23 bits per heavy atom. The monoisotopic (exact) mass is 429 g/mol. The van der Waals surface area contributed by atoms with Crippen LogP contribution in [0.3, 0.4) is 0 Å². The highest BCUT2D eigenvalue weighted by Gasteiger charge is 2.35. The van der Waals surface area contributed by atoms with Crippen molar-refractivity contribution in [3.8, 4) is 11.4 Å². The third-order valence-electron chi connectivity index (χ3n) is 6.07. The summed E-state index contributed by atoms with van der Waals surface area (Å²) >= 11 is 0. The summed E-state index contributed by atoms with van der Waals surface area (Å²) in [5.41, 5.74) is 0.849.